The van der Waals surface area contributed by atoms with Gasteiger partial charge in [0.15, 0.2) is 11.6 Å². The van der Waals surface area contributed by atoms with Crippen LogP contribution in [0.25, 0.3) is 0 Å². The van der Waals surface area contributed by atoms with E-state index in [1.165, 1.54) is 6.07 Å². The predicted octanol–water partition coefficient (Wildman–Crippen LogP) is 4.40. The average molecular weight is 380 g/mol. The van der Waals surface area contributed by atoms with Crippen molar-refractivity contribution in [2.24, 2.45) is 0 Å². The molecule has 142 valence electrons. The summed E-state index contributed by atoms with van der Waals surface area (Å²) in [6.45, 7) is 2.36. The molecule has 1 aromatic heterocycles. The molecule has 0 atom stereocenters. The van der Waals surface area contributed by atoms with Gasteiger partial charge < -0.3 is 10.2 Å². The number of fused-ring (bicyclic) bond motifs is 1. The molecular formula is C21H18F2N4O. The summed E-state index contributed by atoms with van der Waals surface area (Å²) >= 11 is 0. The SMILES string of the molecule is Cc1cc(C(=O)N2CCCc3ccccc32)nc(Nc2ccc(F)c(F)c2)n1. The third-order valence-electron chi connectivity index (χ3n) is 4.60. The second kappa shape index (κ2) is 7.34. The molecule has 0 bridgehead atoms. The van der Waals surface area contributed by atoms with Crippen LogP contribution in [0.1, 0.15) is 28.2 Å². The van der Waals surface area contributed by atoms with Gasteiger partial charge in [-0.3, -0.25) is 4.79 Å². The van der Waals surface area contributed by atoms with Crippen molar-refractivity contribution >= 4 is 23.2 Å². The summed E-state index contributed by atoms with van der Waals surface area (Å²) in [5.41, 5.74) is 3.16. The molecule has 7 heteroatoms. The first kappa shape index (κ1) is 18.0. The summed E-state index contributed by atoms with van der Waals surface area (Å²) in [6.07, 6.45) is 1.82. The monoisotopic (exact) mass is 380 g/mol. The third kappa shape index (κ3) is 3.55. The lowest BCUT2D eigenvalue weighted by Gasteiger charge is -2.29. The molecule has 3 aromatic rings. The van der Waals surface area contributed by atoms with Gasteiger partial charge in [-0.05, 0) is 49.6 Å². The maximum Gasteiger partial charge on any atom is 0.277 e. The molecule has 1 aliphatic rings. The van der Waals surface area contributed by atoms with Gasteiger partial charge in [0.05, 0.1) is 0 Å². The van der Waals surface area contributed by atoms with Crippen molar-refractivity contribution < 1.29 is 13.6 Å². The molecule has 0 unspecified atom stereocenters. The number of hydrogen-bond donors (Lipinski definition) is 1. The molecule has 0 saturated heterocycles. The highest BCUT2D eigenvalue weighted by atomic mass is 19.2. The minimum atomic E-state index is -0.973. The summed E-state index contributed by atoms with van der Waals surface area (Å²) in [4.78, 5) is 23.4. The quantitative estimate of drug-likeness (QED) is 0.732. The zero-order valence-corrected chi connectivity index (χ0v) is 15.2. The van der Waals surface area contributed by atoms with Gasteiger partial charge in [-0.1, -0.05) is 18.2 Å². The van der Waals surface area contributed by atoms with E-state index in [1.54, 1.807) is 17.9 Å². The fourth-order valence-electron chi connectivity index (χ4n) is 3.32. The van der Waals surface area contributed by atoms with Crippen molar-refractivity contribution in [2.45, 2.75) is 19.8 Å². The fourth-order valence-corrected chi connectivity index (χ4v) is 3.32. The van der Waals surface area contributed by atoms with Crippen molar-refractivity contribution in [3.8, 4) is 0 Å². The molecule has 1 amide bonds. The van der Waals surface area contributed by atoms with Gasteiger partial charge in [0.1, 0.15) is 5.69 Å². The molecule has 5 nitrogen and oxygen atoms in total. The maximum absolute atomic E-state index is 13.4. The highest BCUT2D eigenvalue weighted by Gasteiger charge is 2.24. The number of hydrogen-bond acceptors (Lipinski definition) is 4. The number of benzene rings is 2. The predicted molar refractivity (Wildman–Crippen MR) is 103 cm³/mol. The van der Waals surface area contributed by atoms with E-state index in [1.807, 2.05) is 24.3 Å². The number of aromatic nitrogens is 2. The van der Waals surface area contributed by atoms with Gasteiger partial charge in [-0.15, -0.1) is 0 Å². The van der Waals surface area contributed by atoms with Gasteiger partial charge in [0, 0.05) is 29.7 Å². The van der Waals surface area contributed by atoms with E-state index in [2.05, 4.69) is 15.3 Å². The van der Waals surface area contributed by atoms with E-state index in [0.29, 0.717) is 17.9 Å². The van der Waals surface area contributed by atoms with Crippen LogP contribution in [-0.2, 0) is 6.42 Å². The van der Waals surface area contributed by atoms with E-state index in [4.69, 9.17) is 0 Å². The van der Waals surface area contributed by atoms with E-state index in [0.717, 1.165) is 36.2 Å². The second-order valence-corrected chi connectivity index (χ2v) is 6.66. The van der Waals surface area contributed by atoms with Crippen molar-refractivity contribution in [2.75, 3.05) is 16.8 Å². The van der Waals surface area contributed by atoms with E-state index < -0.39 is 11.6 Å². The number of halogens is 2. The molecule has 1 N–H and O–H groups in total. The van der Waals surface area contributed by atoms with Crippen molar-refractivity contribution in [3.05, 3.63) is 77.1 Å². The number of rotatable bonds is 3. The maximum atomic E-state index is 13.4. The van der Waals surface area contributed by atoms with Crippen LogP contribution in [0.3, 0.4) is 0 Å². The standard InChI is InChI=1S/C21H18F2N4O/c1-13-11-18(20(28)27-10-4-6-14-5-2-3-7-19(14)27)26-21(24-13)25-15-8-9-16(22)17(23)12-15/h2-3,5,7-9,11-12H,4,6,10H2,1H3,(H,24,25,26). The lowest BCUT2D eigenvalue weighted by Crippen LogP contribution is -2.36. The zero-order chi connectivity index (χ0) is 19.7. The minimum absolute atomic E-state index is 0.152. The Kier molecular flexibility index (Phi) is 4.73. The lowest BCUT2D eigenvalue weighted by molar-refractivity contribution is 0.0980. The molecule has 0 saturated carbocycles. The van der Waals surface area contributed by atoms with Gasteiger partial charge in [0.25, 0.3) is 5.91 Å². The Morgan fingerprint density at radius 1 is 1.07 bits per heavy atom. The van der Waals surface area contributed by atoms with E-state index in [9.17, 15) is 13.6 Å². The molecule has 2 aromatic carbocycles. The average Bonchev–Trinajstić information content (AvgIpc) is 2.69. The number of anilines is 3. The van der Waals surface area contributed by atoms with Crippen LogP contribution in [0.2, 0.25) is 0 Å². The number of nitrogens with zero attached hydrogens (tertiary/aromatic N) is 3. The summed E-state index contributed by atoms with van der Waals surface area (Å²) < 4.78 is 26.6. The molecule has 0 aliphatic carbocycles. The van der Waals surface area contributed by atoms with E-state index >= 15 is 0 Å². The van der Waals surface area contributed by atoms with Crippen molar-refractivity contribution in [1.29, 1.82) is 0 Å². The Labute approximate surface area is 161 Å². The number of amides is 1. The Hall–Kier alpha value is -3.35. The molecule has 0 spiro atoms. The summed E-state index contributed by atoms with van der Waals surface area (Å²) in [5.74, 6) is -1.97. The Morgan fingerprint density at radius 3 is 2.71 bits per heavy atom. The Balaban J connectivity index is 1.64. The number of nitrogens with one attached hydrogen (secondary N) is 1. The van der Waals surface area contributed by atoms with Gasteiger partial charge in [-0.25, -0.2) is 18.7 Å². The highest BCUT2D eigenvalue weighted by molar-refractivity contribution is 6.05. The smallest absolute Gasteiger partial charge is 0.277 e. The molecule has 0 radical (unpaired) electrons. The molecule has 2 heterocycles. The van der Waals surface area contributed by atoms with Crippen LogP contribution >= 0.6 is 0 Å². The third-order valence-corrected chi connectivity index (χ3v) is 4.60. The topological polar surface area (TPSA) is 58.1 Å². The molecular weight excluding hydrogens is 362 g/mol. The molecule has 1 aliphatic heterocycles. The molecule has 4 rings (SSSR count). The largest absolute Gasteiger partial charge is 0.324 e. The van der Waals surface area contributed by atoms with Crippen LogP contribution in [0, 0.1) is 18.6 Å². The summed E-state index contributed by atoms with van der Waals surface area (Å²) in [7, 11) is 0. The molecule has 28 heavy (non-hydrogen) atoms. The van der Waals surface area contributed by atoms with E-state index in [-0.39, 0.29) is 17.5 Å². The van der Waals surface area contributed by atoms with Crippen LogP contribution in [0.4, 0.5) is 26.1 Å². The van der Waals surface area contributed by atoms with Crippen LogP contribution in [-0.4, -0.2) is 22.4 Å². The highest BCUT2D eigenvalue weighted by Crippen LogP contribution is 2.28. The van der Waals surface area contributed by atoms with Crippen molar-refractivity contribution in [1.82, 2.24) is 9.97 Å². The van der Waals surface area contributed by atoms with Gasteiger partial charge in [-0.2, -0.15) is 0 Å². The summed E-state index contributed by atoms with van der Waals surface area (Å²) in [6, 6.07) is 12.9. The van der Waals surface area contributed by atoms with Gasteiger partial charge in [0.2, 0.25) is 5.95 Å². The number of para-hydroxylation sites is 1. The first-order chi connectivity index (χ1) is 13.5. The van der Waals surface area contributed by atoms with Crippen LogP contribution < -0.4 is 10.2 Å². The molecule has 0 fully saturated rings. The normalized spacial score (nSPS) is 13.2. The second-order valence-electron chi connectivity index (χ2n) is 6.66. The lowest BCUT2D eigenvalue weighted by atomic mass is 10.0. The first-order valence-corrected chi connectivity index (χ1v) is 8.99. The summed E-state index contributed by atoms with van der Waals surface area (Å²) in [5, 5.41) is 2.83. The van der Waals surface area contributed by atoms with Crippen LogP contribution in [0.15, 0.2) is 48.5 Å². The minimum Gasteiger partial charge on any atom is -0.324 e. The number of carbonyl (C=O) groups is 1. The van der Waals surface area contributed by atoms with Gasteiger partial charge >= 0.3 is 0 Å². The number of carbonyl (C=O) groups excluding carboxylic acids is 1. The fraction of sp³-hybridized carbons (Fsp3) is 0.190. The zero-order valence-electron chi connectivity index (χ0n) is 15.2. The Morgan fingerprint density at radius 2 is 1.89 bits per heavy atom. The first-order valence-electron chi connectivity index (χ1n) is 8.99. The number of aryl methyl sites for hydroxylation is 2. The Bertz CT molecular complexity index is 1050. The van der Waals surface area contributed by atoms with Crippen molar-refractivity contribution in [3.63, 3.8) is 0 Å². The van der Waals surface area contributed by atoms with Crippen LogP contribution in [0.5, 0.6) is 0 Å².